The number of amides is 2. The normalized spacial score (nSPS) is 23.3. The molecule has 40 heavy (non-hydrogen) atoms. The molecule has 2 aromatic carbocycles. The maximum atomic E-state index is 14.1. The van der Waals surface area contributed by atoms with Crippen LogP contribution in [0.1, 0.15) is 68.1 Å². The number of carbonyl (C=O) groups is 2. The quantitative estimate of drug-likeness (QED) is 0.244. The number of nitrogens with one attached hydrogen (secondary N) is 3. The molecule has 0 bridgehead atoms. The van der Waals surface area contributed by atoms with E-state index in [1.807, 2.05) is 18.2 Å². The lowest BCUT2D eigenvalue weighted by atomic mass is 9.84. The zero-order valence-electron chi connectivity index (χ0n) is 22.8. The number of rotatable bonds is 11. The van der Waals surface area contributed by atoms with E-state index in [0.29, 0.717) is 37.1 Å². The van der Waals surface area contributed by atoms with Gasteiger partial charge in [-0.1, -0.05) is 86.7 Å². The van der Waals surface area contributed by atoms with Gasteiger partial charge in [0.25, 0.3) is 0 Å². The first-order valence-corrected chi connectivity index (χ1v) is 15.9. The largest absolute Gasteiger partial charge is 0.384 e. The van der Waals surface area contributed by atoms with Crippen molar-refractivity contribution in [2.75, 3.05) is 6.54 Å². The van der Waals surface area contributed by atoms with Crippen molar-refractivity contribution in [3.63, 3.8) is 0 Å². The number of amidine groups is 1. The topological polar surface area (TPSA) is 145 Å². The SMILES string of the molecule is N=C(N)c1ccc(CNC(=O)[C@]23C[C@H]2CCN3C(=O)[C@@H](CC2CCCCC2)NS(=O)(=O)Cc2ccccc2)cc1. The molecule has 3 fully saturated rings. The molecule has 0 unspecified atom stereocenters. The maximum absolute atomic E-state index is 14.1. The van der Waals surface area contributed by atoms with Gasteiger partial charge in [-0.25, -0.2) is 13.1 Å². The van der Waals surface area contributed by atoms with E-state index in [4.69, 9.17) is 11.1 Å². The smallest absolute Gasteiger partial charge is 0.246 e. The predicted molar refractivity (Wildman–Crippen MR) is 154 cm³/mol. The van der Waals surface area contributed by atoms with Crippen molar-refractivity contribution in [2.24, 2.45) is 17.6 Å². The molecule has 2 aliphatic carbocycles. The minimum absolute atomic E-state index is 0.0161. The molecule has 5 rings (SSSR count). The van der Waals surface area contributed by atoms with Gasteiger partial charge in [0, 0.05) is 18.7 Å². The first-order chi connectivity index (χ1) is 19.2. The Labute approximate surface area is 236 Å². The van der Waals surface area contributed by atoms with Crippen LogP contribution in [0.2, 0.25) is 0 Å². The molecule has 1 heterocycles. The summed E-state index contributed by atoms with van der Waals surface area (Å²) < 4.78 is 29.2. The summed E-state index contributed by atoms with van der Waals surface area (Å²) in [5.74, 6) is -0.322. The Morgan fingerprint density at radius 1 is 1.00 bits per heavy atom. The molecule has 0 spiro atoms. The van der Waals surface area contributed by atoms with Crippen molar-refractivity contribution in [3.05, 3.63) is 71.3 Å². The molecular weight excluding hydrogens is 526 g/mol. The van der Waals surface area contributed by atoms with Crippen LogP contribution in [0, 0.1) is 17.2 Å². The van der Waals surface area contributed by atoms with Gasteiger partial charge in [0.1, 0.15) is 17.4 Å². The van der Waals surface area contributed by atoms with Crippen LogP contribution in [0.15, 0.2) is 54.6 Å². The molecule has 2 aromatic rings. The third-order valence-corrected chi connectivity index (χ3v) is 10.1. The van der Waals surface area contributed by atoms with E-state index in [9.17, 15) is 18.0 Å². The zero-order valence-corrected chi connectivity index (χ0v) is 23.6. The minimum Gasteiger partial charge on any atom is -0.384 e. The van der Waals surface area contributed by atoms with E-state index >= 15 is 0 Å². The number of nitrogens with two attached hydrogens (primary N) is 1. The summed E-state index contributed by atoms with van der Waals surface area (Å²) in [5, 5.41) is 10.5. The second-order valence-corrected chi connectivity index (χ2v) is 13.3. The predicted octanol–water partition coefficient (Wildman–Crippen LogP) is 3.04. The summed E-state index contributed by atoms with van der Waals surface area (Å²) in [6.07, 6.45) is 7.11. The molecular formula is C30H39N5O4S. The van der Waals surface area contributed by atoms with E-state index in [0.717, 1.165) is 37.7 Å². The van der Waals surface area contributed by atoms with Gasteiger partial charge in [-0.05, 0) is 42.2 Å². The van der Waals surface area contributed by atoms with Gasteiger partial charge in [-0.3, -0.25) is 15.0 Å². The van der Waals surface area contributed by atoms with Crippen LogP contribution in [0.3, 0.4) is 0 Å². The number of hydrogen-bond acceptors (Lipinski definition) is 5. The van der Waals surface area contributed by atoms with Crippen LogP contribution >= 0.6 is 0 Å². The maximum Gasteiger partial charge on any atom is 0.246 e. The third kappa shape index (κ3) is 6.23. The number of fused-ring (bicyclic) bond motifs is 1. The first-order valence-electron chi connectivity index (χ1n) is 14.2. The van der Waals surface area contributed by atoms with Crippen LogP contribution in [0.5, 0.6) is 0 Å². The lowest BCUT2D eigenvalue weighted by Gasteiger charge is -2.33. The number of likely N-dealkylation sites (tertiary alicyclic amines) is 1. The Morgan fingerprint density at radius 2 is 1.70 bits per heavy atom. The molecule has 2 saturated carbocycles. The van der Waals surface area contributed by atoms with Gasteiger partial charge < -0.3 is 16.0 Å². The van der Waals surface area contributed by atoms with Crippen molar-refractivity contribution in [3.8, 4) is 0 Å². The van der Waals surface area contributed by atoms with Crippen molar-refractivity contribution < 1.29 is 18.0 Å². The molecule has 0 aromatic heterocycles. The molecule has 10 heteroatoms. The highest BCUT2D eigenvalue weighted by Gasteiger charge is 2.68. The highest BCUT2D eigenvalue weighted by molar-refractivity contribution is 7.88. The molecule has 3 aliphatic rings. The van der Waals surface area contributed by atoms with Crippen molar-refractivity contribution in [2.45, 2.75) is 75.2 Å². The standard InChI is InChI=1S/C30H39N5O4S/c31-27(32)24-13-11-22(12-14-24)19-33-29(37)30-18-25(30)15-16-35(30)28(36)26(17-21-7-3-1-4-8-21)34-40(38,39)20-23-9-5-2-6-10-23/h2,5-6,9-14,21,25-26,34H,1,3-4,7-8,15-20H2,(H3,31,32)(H,33,37)/t25-,26-,30+/m1/s1. The Hall–Kier alpha value is -3.24. The lowest BCUT2D eigenvalue weighted by molar-refractivity contribution is -0.142. The fourth-order valence-corrected chi connectivity index (χ4v) is 7.86. The van der Waals surface area contributed by atoms with Gasteiger partial charge in [0.05, 0.1) is 5.75 Å². The minimum atomic E-state index is -3.78. The molecule has 9 nitrogen and oxygen atoms in total. The number of piperidine rings is 1. The van der Waals surface area contributed by atoms with Gasteiger partial charge >= 0.3 is 0 Å². The van der Waals surface area contributed by atoms with E-state index in [-0.39, 0.29) is 35.2 Å². The molecule has 1 aliphatic heterocycles. The van der Waals surface area contributed by atoms with E-state index in [2.05, 4.69) is 10.0 Å². The molecule has 3 atom stereocenters. The van der Waals surface area contributed by atoms with E-state index < -0.39 is 21.6 Å². The highest BCUT2D eigenvalue weighted by Crippen LogP contribution is 2.56. The van der Waals surface area contributed by atoms with Crippen LogP contribution in [0.4, 0.5) is 0 Å². The molecule has 5 N–H and O–H groups in total. The van der Waals surface area contributed by atoms with Gasteiger partial charge in [-0.2, -0.15) is 0 Å². The second kappa shape index (κ2) is 11.7. The number of nitrogen functional groups attached to an aromatic ring is 1. The molecule has 2 amide bonds. The van der Waals surface area contributed by atoms with Gasteiger partial charge in [0.2, 0.25) is 21.8 Å². The average Bonchev–Trinajstić information content (AvgIpc) is 3.56. The van der Waals surface area contributed by atoms with Crippen LogP contribution < -0.4 is 15.8 Å². The number of sulfonamides is 1. The summed E-state index contributed by atoms with van der Waals surface area (Å²) in [6.45, 7) is 0.745. The van der Waals surface area contributed by atoms with E-state index in [1.54, 1.807) is 41.3 Å². The summed E-state index contributed by atoms with van der Waals surface area (Å²) in [6, 6.07) is 15.2. The summed E-state index contributed by atoms with van der Waals surface area (Å²) in [5.41, 5.74) is 6.76. The Kier molecular flexibility index (Phi) is 8.28. The molecule has 1 saturated heterocycles. The second-order valence-electron chi connectivity index (χ2n) is 11.6. The van der Waals surface area contributed by atoms with Crippen molar-refractivity contribution in [1.82, 2.24) is 14.9 Å². The Morgan fingerprint density at radius 3 is 2.35 bits per heavy atom. The lowest BCUT2D eigenvalue weighted by Crippen LogP contribution is -2.56. The number of nitrogens with zero attached hydrogens (tertiary/aromatic N) is 1. The van der Waals surface area contributed by atoms with Crippen LogP contribution in [-0.2, 0) is 31.9 Å². The van der Waals surface area contributed by atoms with E-state index in [1.165, 1.54) is 6.42 Å². The summed E-state index contributed by atoms with van der Waals surface area (Å²) in [7, 11) is -3.78. The van der Waals surface area contributed by atoms with Gasteiger partial charge in [0.15, 0.2) is 0 Å². The number of benzene rings is 2. The fraction of sp³-hybridized carbons (Fsp3) is 0.500. The zero-order chi connectivity index (χ0) is 28.3. The summed E-state index contributed by atoms with van der Waals surface area (Å²) in [4.78, 5) is 29.2. The third-order valence-electron chi connectivity index (χ3n) is 8.75. The van der Waals surface area contributed by atoms with Crippen molar-refractivity contribution in [1.29, 1.82) is 5.41 Å². The van der Waals surface area contributed by atoms with Crippen LogP contribution in [0.25, 0.3) is 0 Å². The van der Waals surface area contributed by atoms with Crippen LogP contribution in [-0.4, -0.2) is 49.1 Å². The molecule has 0 radical (unpaired) electrons. The van der Waals surface area contributed by atoms with Crippen molar-refractivity contribution >= 4 is 27.7 Å². The number of hydrogen-bond donors (Lipinski definition) is 4. The highest BCUT2D eigenvalue weighted by atomic mass is 32.2. The number of carbonyl (C=O) groups excluding carboxylic acids is 2. The first kappa shape index (κ1) is 28.3. The fourth-order valence-electron chi connectivity index (χ4n) is 6.51. The monoisotopic (exact) mass is 565 g/mol. The summed E-state index contributed by atoms with van der Waals surface area (Å²) >= 11 is 0. The molecule has 214 valence electrons. The Balaban J connectivity index is 1.30. The average molecular weight is 566 g/mol. The Bertz CT molecular complexity index is 1340. The van der Waals surface area contributed by atoms with Gasteiger partial charge in [-0.15, -0.1) is 0 Å².